The van der Waals surface area contributed by atoms with Gasteiger partial charge in [0.1, 0.15) is 0 Å². The monoisotopic (exact) mass is 452 g/mol. The fourth-order valence-corrected chi connectivity index (χ4v) is 4.47. The molecule has 0 bridgehead atoms. The SMILES string of the molecule is COc1cc(C(=O)N(CCC2CCCN2C)CC(C)=Cc2ccccc2)cc(OC)c1OC. The van der Waals surface area contributed by atoms with E-state index in [2.05, 4.69) is 37.1 Å². The summed E-state index contributed by atoms with van der Waals surface area (Å²) in [6.45, 7) is 4.44. The van der Waals surface area contributed by atoms with Crippen LogP contribution in [0.5, 0.6) is 17.2 Å². The number of hydrogen-bond acceptors (Lipinski definition) is 5. The van der Waals surface area contributed by atoms with Gasteiger partial charge in [-0.15, -0.1) is 0 Å². The lowest BCUT2D eigenvalue weighted by molar-refractivity contribution is 0.0757. The number of nitrogens with zero attached hydrogens (tertiary/aromatic N) is 2. The van der Waals surface area contributed by atoms with E-state index in [0.29, 0.717) is 41.9 Å². The Kier molecular flexibility index (Phi) is 8.78. The van der Waals surface area contributed by atoms with Crippen molar-refractivity contribution in [2.75, 3.05) is 48.0 Å². The Bertz CT molecular complexity index is 933. The largest absolute Gasteiger partial charge is 0.493 e. The third kappa shape index (κ3) is 6.29. The quantitative estimate of drug-likeness (QED) is 0.521. The Morgan fingerprint density at radius 3 is 2.30 bits per heavy atom. The van der Waals surface area contributed by atoms with E-state index in [1.807, 2.05) is 23.1 Å². The average Bonchev–Trinajstić information content (AvgIpc) is 3.25. The van der Waals surface area contributed by atoms with E-state index in [1.165, 1.54) is 12.8 Å². The molecule has 1 unspecified atom stereocenters. The summed E-state index contributed by atoms with van der Waals surface area (Å²) >= 11 is 0. The predicted molar refractivity (Wildman–Crippen MR) is 132 cm³/mol. The average molecular weight is 453 g/mol. The highest BCUT2D eigenvalue weighted by molar-refractivity contribution is 5.96. The van der Waals surface area contributed by atoms with Crippen LogP contribution >= 0.6 is 0 Å². The van der Waals surface area contributed by atoms with E-state index in [9.17, 15) is 4.79 Å². The van der Waals surface area contributed by atoms with E-state index in [-0.39, 0.29) is 5.91 Å². The highest BCUT2D eigenvalue weighted by Gasteiger charge is 2.25. The second-order valence-electron chi connectivity index (χ2n) is 8.61. The first-order valence-electron chi connectivity index (χ1n) is 11.5. The smallest absolute Gasteiger partial charge is 0.254 e. The van der Waals surface area contributed by atoms with Crippen molar-refractivity contribution in [3.05, 3.63) is 59.2 Å². The zero-order valence-corrected chi connectivity index (χ0v) is 20.5. The highest BCUT2D eigenvalue weighted by Crippen LogP contribution is 2.38. The van der Waals surface area contributed by atoms with Crippen molar-refractivity contribution < 1.29 is 19.0 Å². The van der Waals surface area contributed by atoms with Crippen LogP contribution in [0.15, 0.2) is 48.0 Å². The zero-order chi connectivity index (χ0) is 23.8. The molecule has 0 radical (unpaired) electrons. The highest BCUT2D eigenvalue weighted by atomic mass is 16.5. The molecule has 1 atom stereocenters. The number of carbonyl (C=O) groups excluding carboxylic acids is 1. The molecule has 178 valence electrons. The maximum Gasteiger partial charge on any atom is 0.254 e. The molecule has 6 nitrogen and oxygen atoms in total. The van der Waals surface area contributed by atoms with Crippen molar-refractivity contribution in [2.45, 2.75) is 32.2 Å². The fraction of sp³-hybridized carbons (Fsp3) is 0.444. The Balaban J connectivity index is 1.87. The molecule has 0 saturated carbocycles. The molecule has 2 aromatic rings. The summed E-state index contributed by atoms with van der Waals surface area (Å²) in [5, 5.41) is 0. The van der Waals surface area contributed by atoms with Crippen LogP contribution in [-0.4, -0.2) is 69.8 Å². The summed E-state index contributed by atoms with van der Waals surface area (Å²) in [6.07, 6.45) is 5.49. The third-order valence-electron chi connectivity index (χ3n) is 6.26. The van der Waals surface area contributed by atoms with Gasteiger partial charge in [-0.05, 0) is 57.5 Å². The van der Waals surface area contributed by atoms with Gasteiger partial charge in [0.15, 0.2) is 11.5 Å². The Morgan fingerprint density at radius 1 is 1.09 bits per heavy atom. The molecular weight excluding hydrogens is 416 g/mol. The summed E-state index contributed by atoms with van der Waals surface area (Å²) in [4.78, 5) is 18.0. The van der Waals surface area contributed by atoms with Gasteiger partial charge in [0.2, 0.25) is 5.75 Å². The predicted octanol–water partition coefficient (Wildman–Crippen LogP) is 4.74. The molecule has 33 heavy (non-hydrogen) atoms. The first-order valence-corrected chi connectivity index (χ1v) is 11.5. The minimum Gasteiger partial charge on any atom is -0.493 e. The summed E-state index contributed by atoms with van der Waals surface area (Å²) in [6, 6.07) is 14.2. The first-order chi connectivity index (χ1) is 16.0. The van der Waals surface area contributed by atoms with Crippen LogP contribution < -0.4 is 14.2 Å². The van der Waals surface area contributed by atoms with Gasteiger partial charge in [0.05, 0.1) is 21.3 Å². The van der Waals surface area contributed by atoms with Crippen LogP contribution in [-0.2, 0) is 0 Å². The number of amides is 1. The number of benzene rings is 2. The Hall–Kier alpha value is -2.99. The van der Waals surface area contributed by atoms with Gasteiger partial charge in [-0.1, -0.05) is 42.0 Å². The maximum absolute atomic E-state index is 13.7. The van der Waals surface area contributed by atoms with Crippen molar-refractivity contribution in [3.8, 4) is 17.2 Å². The van der Waals surface area contributed by atoms with Crippen LogP contribution in [0.2, 0.25) is 0 Å². The minimum absolute atomic E-state index is 0.0456. The third-order valence-corrected chi connectivity index (χ3v) is 6.26. The van der Waals surface area contributed by atoms with E-state index in [0.717, 1.165) is 24.1 Å². The lowest BCUT2D eigenvalue weighted by Gasteiger charge is -2.27. The lowest BCUT2D eigenvalue weighted by Crippen LogP contribution is -2.37. The second-order valence-corrected chi connectivity index (χ2v) is 8.61. The molecule has 1 amide bonds. The van der Waals surface area contributed by atoms with Crippen LogP contribution in [0.4, 0.5) is 0 Å². The van der Waals surface area contributed by atoms with Gasteiger partial charge in [-0.25, -0.2) is 0 Å². The van der Waals surface area contributed by atoms with Crippen LogP contribution in [0.1, 0.15) is 42.1 Å². The van der Waals surface area contributed by atoms with Gasteiger partial charge in [-0.3, -0.25) is 4.79 Å². The maximum atomic E-state index is 13.7. The van der Waals surface area contributed by atoms with Crippen molar-refractivity contribution in [3.63, 3.8) is 0 Å². The number of methoxy groups -OCH3 is 3. The molecular formula is C27H36N2O4. The summed E-state index contributed by atoms with van der Waals surface area (Å²) in [7, 11) is 6.85. The molecule has 1 fully saturated rings. The minimum atomic E-state index is -0.0456. The summed E-state index contributed by atoms with van der Waals surface area (Å²) in [5.74, 6) is 1.39. The number of ether oxygens (including phenoxy) is 3. The summed E-state index contributed by atoms with van der Waals surface area (Å²) in [5.41, 5.74) is 2.78. The van der Waals surface area contributed by atoms with Gasteiger partial charge >= 0.3 is 0 Å². The van der Waals surface area contributed by atoms with Crippen LogP contribution in [0.3, 0.4) is 0 Å². The van der Waals surface area contributed by atoms with Gasteiger partial charge in [0.25, 0.3) is 5.91 Å². The Labute approximate surface area is 197 Å². The Morgan fingerprint density at radius 2 is 1.76 bits per heavy atom. The molecule has 1 saturated heterocycles. The number of likely N-dealkylation sites (tertiary alicyclic amines) is 1. The van der Waals surface area contributed by atoms with Crippen molar-refractivity contribution in [1.82, 2.24) is 9.80 Å². The number of carbonyl (C=O) groups is 1. The molecule has 2 aromatic carbocycles. The second kappa shape index (κ2) is 11.8. The lowest BCUT2D eigenvalue weighted by atomic mass is 10.1. The summed E-state index contributed by atoms with van der Waals surface area (Å²) < 4.78 is 16.4. The molecule has 3 rings (SSSR count). The zero-order valence-electron chi connectivity index (χ0n) is 20.5. The first kappa shape index (κ1) is 24.6. The molecule has 1 aliphatic rings. The van der Waals surface area contributed by atoms with Crippen LogP contribution in [0.25, 0.3) is 6.08 Å². The fourth-order valence-electron chi connectivity index (χ4n) is 4.47. The molecule has 0 spiro atoms. The van der Waals surface area contributed by atoms with Gasteiger partial charge < -0.3 is 24.0 Å². The van der Waals surface area contributed by atoms with E-state index >= 15 is 0 Å². The van der Waals surface area contributed by atoms with Crippen molar-refractivity contribution in [2.24, 2.45) is 0 Å². The molecule has 1 aliphatic heterocycles. The number of rotatable bonds is 10. The van der Waals surface area contributed by atoms with Crippen LogP contribution in [0, 0.1) is 0 Å². The molecule has 6 heteroatoms. The van der Waals surface area contributed by atoms with E-state index in [1.54, 1.807) is 33.5 Å². The normalized spacial score (nSPS) is 16.5. The van der Waals surface area contributed by atoms with E-state index in [4.69, 9.17) is 14.2 Å². The standard InChI is InChI=1S/C27H36N2O4/c1-20(16-21-10-7-6-8-11-21)19-29(15-13-23-12-9-14-28(23)2)27(30)22-17-24(31-3)26(33-5)25(18-22)32-4/h6-8,10-11,16-18,23H,9,12-15,19H2,1-5H3. The van der Waals surface area contributed by atoms with Crippen molar-refractivity contribution in [1.29, 1.82) is 0 Å². The number of hydrogen-bond donors (Lipinski definition) is 0. The van der Waals surface area contributed by atoms with Gasteiger partial charge in [-0.2, -0.15) is 0 Å². The van der Waals surface area contributed by atoms with Gasteiger partial charge in [0, 0.05) is 24.7 Å². The van der Waals surface area contributed by atoms with Crippen molar-refractivity contribution >= 4 is 12.0 Å². The van der Waals surface area contributed by atoms with E-state index < -0.39 is 0 Å². The molecule has 0 aromatic heterocycles. The molecule has 0 aliphatic carbocycles. The topological polar surface area (TPSA) is 51.2 Å². The molecule has 0 N–H and O–H groups in total. The molecule has 1 heterocycles.